The summed E-state index contributed by atoms with van der Waals surface area (Å²) in [5.41, 5.74) is 0.0271. The molecule has 0 radical (unpaired) electrons. The highest BCUT2D eigenvalue weighted by molar-refractivity contribution is 5.78. The quantitative estimate of drug-likeness (QED) is 0.773. The zero-order valence-electron chi connectivity index (χ0n) is 11.7. The molecule has 1 atom stereocenters. The molecule has 0 saturated carbocycles. The van der Waals surface area contributed by atoms with Gasteiger partial charge in [-0.2, -0.15) is 0 Å². The van der Waals surface area contributed by atoms with Gasteiger partial charge in [-0.25, -0.2) is 0 Å². The second-order valence-corrected chi connectivity index (χ2v) is 6.34. The molecule has 1 spiro atoms. The maximum absolute atomic E-state index is 11.9. The van der Waals surface area contributed by atoms with E-state index in [1.807, 2.05) is 0 Å². The number of rotatable bonds is 4. The van der Waals surface area contributed by atoms with Crippen molar-refractivity contribution in [2.45, 2.75) is 58.0 Å². The summed E-state index contributed by atoms with van der Waals surface area (Å²) in [5.74, 6) is 1.44. The van der Waals surface area contributed by atoms with Crippen LogP contribution in [0.25, 0.3) is 0 Å². The maximum atomic E-state index is 11.9. The molecular formula is C15H26O3. The largest absolute Gasteiger partial charge is 0.381 e. The molecular weight excluding hydrogens is 228 g/mol. The van der Waals surface area contributed by atoms with Crippen LogP contribution in [-0.4, -0.2) is 31.2 Å². The van der Waals surface area contributed by atoms with E-state index in [9.17, 15) is 4.79 Å². The van der Waals surface area contributed by atoms with E-state index in [-0.39, 0.29) is 5.60 Å². The number of carbonyl (C=O) groups excluding carboxylic acids is 1. The van der Waals surface area contributed by atoms with Crippen LogP contribution in [0.2, 0.25) is 0 Å². The highest BCUT2D eigenvalue weighted by atomic mass is 16.5. The number of hydrogen-bond acceptors (Lipinski definition) is 3. The highest BCUT2D eigenvalue weighted by Gasteiger charge is 2.39. The Kier molecular flexibility index (Phi) is 4.79. The molecule has 2 rings (SSSR count). The molecule has 104 valence electrons. The Hall–Kier alpha value is -0.410. The van der Waals surface area contributed by atoms with Crippen LogP contribution >= 0.6 is 0 Å². The standard InChI is InChI=1S/C15H26O3/c1-12(2)9-14(16)10-13-3-6-18-15(11-13)4-7-17-8-5-15/h12-13H,3-11H2,1-2H3. The molecule has 1 unspecified atom stereocenters. The van der Waals surface area contributed by atoms with Gasteiger partial charge in [0.05, 0.1) is 5.60 Å². The molecule has 2 aliphatic rings. The lowest BCUT2D eigenvalue weighted by Crippen LogP contribution is -2.44. The highest BCUT2D eigenvalue weighted by Crippen LogP contribution is 2.38. The summed E-state index contributed by atoms with van der Waals surface area (Å²) < 4.78 is 11.4. The SMILES string of the molecule is CC(C)CC(=O)CC1CCOC2(CCOCC2)C1. The van der Waals surface area contributed by atoms with E-state index in [4.69, 9.17) is 9.47 Å². The minimum Gasteiger partial charge on any atom is -0.381 e. The molecule has 0 N–H and O–H groups in total. The predicted octanol–water partition coefficient (Wildman–Crippen LogP) is 2.97. The molecule has 18 heavy (non-hydrogen) atoms. The van der Waals surface area contributed by atoms with Crippen LogP contribution in [0, 0.1) is 11.8 Å². The number of ketones is 1. The number of ether oxygens (including phenoxy) is 2. The topological polar surface area (TPSA) is 35.5 Å². The summed E-state index contributed by atoms with van der Waals surface area (Å²) in [4.78, 5) is 11.9. The molecule has 0 bridgehead atoms. The fourth-order valence-electron chi connectivity index (χ4n) is 3.26. The smallest absolute Gasteiger partial charge is 0.133 e. The molecule has 2 aliphatic heterocycles. The maximum Gasteiger partial charge on any atom is 0.133 e. The van der Waals surface area contributed by atoms with Crippen molar-refractivity contribution >= 4 is 5.78 Å². The van der Waals surface area contributed by atoms with Gasteiger partial charge in [-0.05, 0) is 37.5 Å². The van der Waals surface area contributed by atoms with Gasteiger partial charge in [0.25, 0.3) is 0 Å². The first-order valence-electron chi connectivity index (χ1n) is 7.33. The minimum atomic E-state index is 0.0271. The van der Waals surface area contributed by atoms with Crippen molar-refractivity contribution in [1.29, 1.82) is 0 Å². The van der Waals surface area contributed by atoms with Crippen molar-refractivity contribution < 1.29 is 14.3 Å². The Morgan fingerprint density at radius 3 is 2.67 bits per heavy atom. The van der Waals surface area contributed by atoms with E-state index in [0.717, 1.165) is 58.3 Å². The van der Waals surface area contributed by atoms with Crippen LogP contribution in [0.5, 0.6) is 0 Å². The lowest BCUT2D eigenvalue weighted by Gasteiger charge is -2.43. The van der Waals surface area contributed by atoms with Crippen LogP contribution in [0.1, 0.15) is 52.4 Å². The molecule has 0 aromatic carbocycles. The molecule has 0 aliphatic carbocycles. The van der Waals surface area contributed by atoms with E-state index in [1.54, 1.807) is 0 Å². The van der Waals surface area contributed by atoms with Crippen LogP contribution in [0.15, 0.2) is 0 Å². The van der Waals surface area contributed by atoms with E-state index in [2.05, 4.69) is 13.8 Å². The zero-order chi connectivity index (χ0) is 13.0. The molecule has 2 fully saturated rings. The van der Waals surface area contributed by atoms with Crippen LogP contribution in [0.3, 0.4) is 0 Å². The molecule has 3 heteroatoms. The summed E-state index contributed by atoms with van der Waals surface area (Å²) in [7, 11) is 0. The van der Waals surface area contributed by atoms with E-state index in [0.29, 0.717) is 17.6 Å². The van der Waals surface area contributed by atoms with Crippen molar-refractivity contribution in [2.75, 3.05) is 19.8 Å². The van der Waals surface area contributed by atoms with Crippen molar-refractivity contribution in [3.05, 3.63) is 0 Å². The van der Waals surface area contributed by atoms with Crippen molar-refractivity contribution in [1.82, 2.24) is 0 Å². The molecule has 3 nitrogen and oxygen atoms in total. The van der Waals surface area contributed by atoms with Gasteiger partial charge in [-0.3, -0.25) is 4.79 Å². The second kappa shape index (κ2) is 6.16. The first-order valence-corrected chi connectivity index (χ1v) is 7.33. The van der Waals surface area contributed by atoms with Gasteiger partial charge in [-0.1, -0.05) is 13.8 Å². The first-order chi connectivity index (χ1) is 8.60. The number of carbonyl (C=O) groups is 1. The van der Waals surface area contributed by atoms with Gasteiger partial charge >= 0.3 is 0 Å². The van der Waals surface area contributed by atoms with Gasteiger partial charge in [0, 0.05) is 32.7 Å². The Bertz CT molecular complexity index is 274. The zero-order valence-corrected chi connectivity index (χ0v) is 11.7. The molecule has 0 aromatic heterocycles. The predicted molar refractivity (Wildman–Crippen MR) is 70.5 cm³/mol. The third-order valence-corrected chi connectivity index (χ3v) is 4.15. The van der Waals surface area contributed by atoms with Crippen LogP contribution in [-0.2, 0) is 14.3 Å². The molecule has 2 saturated heterocycles. The number of hydrogen-bond donors (Lipinski definition) is 0. The van der Waals surface area contributed by atoms with Gasteiger partial charge in [0.15, 0.2) is 0 Å². The Labute approximate surface area is 110 Å². The monoisotopic (exact) mass is 254 g/mol. The van der Waals surface area contributed by atoms with E-state index in [1.165, 1.54) is 0 Å². The van der Waals surface area contributed by atoms with Crippen molar-refractivity contribution in [3.63, 3.8) is 0 Å². The molecule has 0 amide bonds. The van der Waals surface area contributed by atoms with Gasteiger partial charge < -0.3 is 9.47 Å². The summed E-state index contributed by atoms with van der Waals surface area (Å²) in [6, 6.07) is 0. The summed E-state index contributed by atoms with van der Waals surface area (Å²) in [5, 5.41) is 0. The second-order valence-electron chi connectivity index (χ2n) is 6.34. The van der Waals surface area contributed by atoms with Gasteiger partial charge in [0.2, 0.25) is 0 Å². The van der Waals surface area contributed by atoms with E-state index >= 15 is 0 Å². The normalized spacial score (nSPS) is 27.6. The first kappa shape index (κ1) is 14.0. The van der Waals surface area contributed by atoms with Crippen LogP contribution < -0.4 is 0 Å². The average molecular weight is 254 g/mol. The van der Waals surface area contributed by atoms with Gasteiger partial charge in [0.1, 0.15) is 5.78 Å². The lowest BCUT2D eigenvalue weighted by molar-refractivity contribution is -0.149. The Morgan fingerprint density at radius 1 is 1.28 bits per heavy atom. The van der Waals surface area contributed by atoms with Crippen molar-refractivity contribution in [3.8, 4) is 0 Å². The fraction of sp³-hybridized carbons (Fsp3) is 0.933. The molecule has 0 aromatic rings. The minimum absolute atomic E-state index is 0.0271. The number of Topliss-reactive ketones (excluding diaryl/α,β-unsaturated/α-hetero) is 1. The average Bonchev–Trinajstić information content (AvgIpc) is 2.28. The van der Waals surface area contributed by atoms with Gasteiger partial charge in [-0.15, -0.1) is 0 Å². The third-order valence-electron chi connectivity index (χ3n) is 4.15. The summed E-state index contributed by atoms with van der Waals surface area (Å²) >= 11 is 0. The Morgan fingerprint density at radius 2 is 2.00 bits per heavy atom. The summed E-state index contributed by atoms with van der Waals surface area (Å²) in [6.45, 7) is 6.67. The van der Waals surface area contributed by atoms with E-state index < -0.39 is 0 Å². The Balaban J connectivity index is 1.84. The lowest BCUT2D eigenvalue weighted by atomic mass is 9.78. The van der Waals surface area contributed by atoms with Crippen LogP contribution in [0.4, 0.5) is 0 Å². The van der Waals surface area contributed by atoms with Crippen molar-refractivity contribution in [2.24, 2.45) is 11.8 Å². The molecule has 2 heterocycles. The summed E-state index contributed by atoms with van der Waals surface area (Å²) in [6.07, 6.45) is 5.59. The fourth-order valence-corrected chi connectivity index (χ4v) is 3.26. The third kappa shape index (κ3) is 3.79.